The second-order valence-corrected chi connectivity index (χ2v) is 5.91. The summed E-state index contributed by atoms with van der Waals surface area (Å²) in [6, 6.07) is 0.236. The lowest BCUT2D eigenvalue weighted by Gasteiger charge is -2.32. The average Bonchev–Trinajstić information content (AvgIpc) is 1.98. The highest BCUT2D eigenvalue weighted by molar-refractivity contribution is 5.78. The number of carboxylic acid groups (broad SMARTS) is 1. The molecule has 3 heteroatoms. The molecule has 96 valence electrons. The molecule has 0 aromatic heterocycles. The molecule has 2 N–H and O–H groups in total. The van der Waals surface area contributed by atoms with E-state index in [-0.39, 0.29) is 6.04 Å². The summed E-state index contributed by atoms with van der Waals surface area (Å²) in [5.74, 6) is 0.205. The molecule has 0 aliphatic rings. The molecule has 0 rings (SSSR count). The number of hydrogen-bond donors (Lipinski definition) is 2. The van der Waals surface area contributed by atoms with Gasteiger partial charge in [-0.2, -0.15) is 0 Å². The SMILES string of the molecule is CC(C)CC(C)NC(C)(CC(C)C)C(=O)O. The summed E-state index contributed by atoms with van der Waals surface area (Å²) >= 11 is 0. The van der Waals surface area contributed by atoms with Crippen molar-refractivity contribution in [1.82, 2.24) is 5.32 Å². The summed E-state index contributed by atoms with van der Waals surface area (Å²) in [6.07, 6.45) is 1.66. The predicted molar refractivity (Wildman–Crippen MR) is 67.5 cm³/mol. The van der Waals surface area contributed by atoms with Gasteiger partial charge in [-0.1, -0.05) is 27.7 Å². The van der Waals surface area contributed by atoms with Crippen molar-refractivity contribution < 1.29 is 9.90 Å². The molecule has 0 bridgehead atoms. The molecule has 2 atom stereocenters. The van der Waals surface area contributed by atoms with E-state index in [0.29, 0.717) is 18.3 Å². The summed E-state index contributed by atoms with van der Waals surface area (Å²) in [4.78, 5) is 11.3. The lowest BCUT2D eigenvalue weighted by atomic mass is 9.89. The van der Waals surface area contributed by atoms with Crippen LogP contribution >= 0.6 is 0 Å². The van der Waals surface area contributed by atoms with Crippen LogP contribution in [-0.4, -0.2) is 22.7 Å². The minimum absolute atomic E-state index is 0.236. The van der Waals surface area contributed by atoms with E-state index in [2.05, 4.69) is 39.9 Å². The zero-order valence-electron chi connectivity index (χ0n) is 11.5. The Kier molecular flexibility index (Phi) is 6.01. The highest BCUT2D eigenvalue weighted by Crippen LogP contribution is 2.19. The van der Waals surface area contributed by atoms with Gasteiger partial charge in [0.15, 0.2) is 0 Å². The molecule has 2 unspecified atom stereocenters. The van der Waals surface area contributed by atoms with Gasteiger partial charge in [0.25, 0.3) is 0 Å². The van der Waals surface area contributed by atoms with E-state index in [4.69, 9.17) is 0 Å². The normalized spacial score (nSPS) is 17.5. The average molecular weight is 229 g/mol. The fourth-order valence-electron chi connectivity index (χ4n) is 2.33. The van der Waals surface area contributed by atoms with Crippen molar-refractivity contribution in [2.75, 3.05) is 0 Å². The minimum atomic E-state index is -0.803. The lowest BCUT2D eigenvalue weighted by molar-refractivity contribution is -0.145. The van der Waals surface area contributed by atoms with Crippen LogP contribution in [-0.2, 0) is 4.79 Å². The molecular formula is C13H27NO2. The number of aliphatic carboxylic acids is 1. The van der Waals surface area contributed by atoms with Crippen LogP contribution < -0.4 is 5.32 Å². The van der Waals surface area contributed by atoms with Crippen molar-refractivity contribution in [3.63, 3.8) is 0 Å². The summed E-state index contributed by atoms with van der Waals surface area (Å²) in [5.41, 5.74) is -0.803. The quantitative estimate of drug-likeness (QED) is 0.705. The Balaban J connectivity index is 4.49. The molecule has 0 saturated heterocycles. The first-order valence-corrected chi connectivity index (χ1v) is 6.18. The molecule has 0 saturated carbocycles. The van der Waals surface area contributed by atoms with E-state index in [1.165, 1.54) is 0 Å². The van der Waals surface area contributed by atoms with Gasteiger partial charge in [0.05, 0.1) is 0 Å². The summed E-state index contributed by atoms with van der Waals surface area (Å²) in [6.45, 7) is 12.2. The number of carboxylic acids is 1. The highest BCUT2D eigenvalue weighted by atomic mass is 16.4. The summed E-state index contributed by atoms with van der Waals surface area (Å²) in [7, 11) is 0. The smallest absolute Gasteiger partial charge is 0.323 e. The number of nitrogens with one attached hydrogen (secondary N) is 1. The topological polar surface area (TPSA) is 49.3 Å². The molecule has 0 heterocycles. The Bertz CT molecular complexity index is 226. The number of hydrogen-bond acceptors (Lipinski definition) is 2. The van der Waals surface area contributed by atoms with Crippen LogP contribution in [0.15, 0.2) is 0 Å². The molecule has 0 spiro atoms. The fourth-order valence-corrected chi connectivity index (χ4v) is 2.33. The standard InChI is InChI=1S/C13H27NO2/c1-9(2)7-11(5)14-13(6,12(15)16)8-10(3)4/h9-11,14H,7-8H2,1-6H3,(H,15,16). The van der Waals surface area contributed by atoms with E-state index in [1.54, 1.807) is 6.92 Å². The third-order valence-electron chi connectivity index (χ3n) is 2.68. The van der Waals surface area contributed by atoms with Gasteiger partial charge < -0.3 is 5.11 Å². The molecule has 3 nitrogen and oxygen atoms in total. The van der Waals surface area contributed by atoms with Gasteiger partial charge in [-0.05, 0) is 38.5 Å². The van der Waals surface area contributed by atoms with Crippen molar-refractivity contribution >= 4 is 5.97 Å². The maximum Gasteiger partial charge on any atom is 0.323 e. The molecule has 0 amide bonds. The van der Waals surface area contributed by atoms with Crippen LogP contribution in [0.25, 0.3) is 0 Å². The van der Waals surface area contributed by atoms with E-state index < -0.39 is 11.5 Å². The van der Waals surface area contributed by atoms with Gasteiger partial charge in [-0.15, -0.1) is 0 Å². The minimum Gasteiger partial charge on any atom is -0.480 e. The van der Waals surface area contributed by atoms with Crippen molar-refractivity contribution in [2.45, 2.75) is 66.0 Å². The first kappa shape index (κ1) is 15.4. The van der Waals surface area contributed by atoms with Gasteiger partial charge in [-0.3, -0.25) is 10.1 Å². The van der Waals surface area contributed by atoms with E-state index >= 15 is 0 Å². The summed E-state index contributed by atoms with van der Waals surface area (Å²) in [5, 5.41) is 12.6. The molecule has 0 aromatic carbocycles. The number of rotatable bonds is 7. The molecular weight excluding hydrogens is 202 g/mol. The number of carbonyl (C=O) groups is 1. The van der Waals surface area contributed by atoms with Crippen molar-refractivity contribution in [1.29, 1.82) is 0 Å². The third-order valence-corrected chi connectivity index (χ3v) is 2.68. The molecule has 0 fully saturated rings. The van der Waals surface area contributed by atoms with Crippen LogP contribution in [0.2, 0.25) is 0 Å². The van der Waals surface area contributed by atoms with Crippen LogP contribution in [0.4, 0.5) is 0 Å². The van der Waals surface area contributed by atoms with Gasteiger partial charge >= 0.3 is 5.97 Å². The monoisotopic (exact) mass is 229 g/mol. The van der Waals surface area contributed by atoms with E-state index in [1.807, 2.05) is 0 Å². The van der Waals surface area contributed by atoms with Crippen molar-refractivity contribution in [2.24, 2.45) is 11.8 Å². The molecule has 16 heavy (non-hydrogen) atoms. The maximum atomic E-state index is 11.3. The van der Waals surface area contributed by atoms with Gasteiger partial charge in [0, 0.05) is 6.04 Å². The van der Waals surface area contributed by atoms with Gasteiger partial charge in [0.2, 0.25) is 0 Å². The van der Waals surface area contributed by atoms with E-state index in [9.17, 15) is 9.90 Å². The molecule has 0 radical (unpaired) electrons. The Morgan fingerprint density at radius 2 is 1.69 bits per heavy atom. The van der Waals surface area contributed by atoms with Gasteiger partial charge in [-0.25, -0.2) is 0 Å². The Labute approximate surface area is 99.6 Å². The molecule has 0 aliphatic heterocycles. The Morgan fingerprint density at radius 1 is 1.19 bits per heavy atom. The van der Waals surface area contributed by atoms with Crippen LogP contribution in [0.5, 0.6) is 0 Å². The maximum absolute atomic E-state index is 11.3. The fraction of sp³-hybridized carbons (Fsp3) is 0.923. The second kappa shape index (κ2) is 6.24. The Hall–Kier alpha value is -0.570. The molecule has 0 aromatic rings. The largest absolute Gasteiger partial charge is 0.480 e. The second-order valence-electron chi connectivity index (χ2n) is 5.91. The van der Waals surface area contributed by atoms with Crippen molar-refractivity contribution in [3.8, 4) is 0 Å². The van der Waals surface area contributed by atoms with Crippen molar-refractivity contribution in [3.05, 3.63) is 0 Å². The summed E-state index contributed by atoms with van der Waals surface area (Å²) < 4.78 is 0. The third kappa shape index (κ3) is 5.50. The zero-order chi connectivity index (χ0) is 12.9. The first-order chi connectivity index (χ1) is 7.17. The van der Waals surface area contributed by atoms with E-state index in [0.717, 1.165) is 6.42 Å². The first-order valence-electron chi connectivity index (χ1n) is 6.18. The predicted octanol–water partition coefficient (Wildman–Crippen LogP) is 2.90. The van der Waals surface area contributed by atoms with Crippen LogP contribution in [0.1, 0.15) is 54.4 Å². The van der Waals surface area contributed by atoms with Crippen LogP contribution in [0.3, 0.4) is 0 Å². The zero-order valence-corrected chi connectivity index (χ0v) is 11.5. The lowest BCUT2D eigenvalue weighted by Crippen LogP contribution is -2.54. The Morgan fingerprint density at radius 3 is 2.00 bits per heavy atom. The highest BCUT2D eigenvalue weighted by Gasteiger charge is 2.34. The molecule has 0 aliphatic carbocycles. The van der Waals surface area contributed by atoms with Gasteiger partial charge in [0.1, 0.15) is 5.54 Å². The van der Waals surface area contributed by atoms with Crippen LogP contribution in [0, 0.1) is 11.8 Å².